The molecule has 3 aliphatic heterocycles. The third-order valence-corrected chi connectivity index (χ3v) is 4.83. The molecule has 1 aromatic carbocycles. The number of carbonyl (C=O) groups excluding carboxylic acids is 1. The molecule has 0 saturated carbocycles. The van der Waals surface area contributed by atoms with E-state index in [1.165, 1.54) is 25.9 Å². The van der Waals surface area contributed by atoms with Gasteiger partial charge in [0.25, 0.3) is 5.91 Å². The minimum atomic E-state index is 0.0160. The van der Waals surface area contributed by atoms with E-state index in [1.54, 1.807) is 24.3 Å². The normalized spacial score (nSPS) is 33.2. The average Bonchev–Trinajstić information content (AvgIpc) is 2.44. The Morgan fingerprint density at radius 1 is 1.26 bits per heavy atom. The Morgan fingerprint density at radius 3 is 2.47 bits per heavy atom. The number of hydrogen-bond donors (Lipinski definition) is 1. The molecule has 2 atom stereocenters. The Labute approximate surface area is 118 Å². The Hall–Kier alpha value is -1.06. The Kier molecular flexibility index (Phi) is 3.50. The van der Waals surface area contributed by atoms with Crippen molar-refractivity contribution in [3.8, 4) is 0 Å². The summed E-state index contributed by atoms with van der Waals surface area (Å²) in [4.78, 5) is 14.8. The van der Waals surface area contributed by atoms with Crippen LogP contribution in [0.25, 0.3) is 0 Å². The van der Waals surface area contributed by atoms with Crippen molar-refractivity contribution in [2.24, 2.45) is 5.92 Å². The number of carbonyl (C=O) groups is 1. The van der Waals surface area contributed by atoms with Gasteiger partial charge in [0.05, 0.1) is 0 Å². The summed E-state index contributed by atoms with van der Waals surface area (Å²) < 4.78 is 0. The molecular formula is C15H19ClN2O. The molecule has 3 heterocycles. The van der Waals surface area contributed by atoms with E-state index in [0.29, 0.717) is 22.5 Å². The number of nitrogens with one attached hydrogen (secondary N) is 1. The Bertz CT molecular complexity index is 464. The van der Waals surface area contributed by atoms with Gasteiger partial charge < -0.3 is 5.32 Å². The number of nitrogens with zero attached hydrogens (tertiary/aromatic N) is 1. The zero-order valence-electron chi connectivity index (χ0n) is 11.1. The quantitative estimate of drug-likeness (QED) is 0.902. The second-order valence-corrected chi connectivity index (χ2v) is 6.06. The lowest BCUT2D eigenvalue weighted by atomic mass is 9.79. The molecule has 0 spiro atoms. The van der Waals surface area contributed by atoms with Gasteiger partial charge in [0.1, 0.15) is 0 Å². The smallest absolute Gasteiger partial charge is 0.251 e. The van der Waals surface area contributed by atoms with Crippen molar-refractivity contribution in [3.63, 3.8) is 0 Å². The van der Waals surface area contributed by atoms with Gasteiger partial charge in [0, 0.05) is 22.7 Å². The third kappa shape index (κ3) is 2.49. The number of piperidine rings is 3. The first-order valence-electron chi connectivity index (χ1n) is 6.95. The van der Waals surface area contributed by atoms with Crippen molar-refractivity contribution in [2.45, 2.75) is 31.8 Å². The van der Waals surface area contributed by atoms with E-state index >= 15 is 0 Å². The zero-order chi connectivity index (χ0) is 13.4. The van der Waals surface area contributed by atoms with Crippen molar-refractivity contribution >= 4 is 17.5 Å². The van der Waals surface area contributed by atoms with Gasteiger partial charge in [-0.05, 0) is 63.0 Å². The summed E-state index contributed by atoms with van der Waals surface area (Å²) in [7, 11) is 0. The predicted octanol–water partition coefficient (Wildman–Crippen LogP) is 2.55. The number of rotatable bonds is 2. The molecule has 0 aliphatic carbocycles. The van der Waals surface area contributed by atoms with Gasteiger partial charge >= 0.3 is 0 Å². The monoisotopic (exact) mass is 278 g/mol. The van der Waals surface area contributed by atoms with Crippen molar-refractivity contribution in [2.75, 3.05) is 13.1 Å². The van der Waals surface area contributed by atoms with E-state index in [9.17, 15) is 4.79 Å². The minimum Gasteiger partial charge on any atom is -0.347 e. The molecule has 1 aromatic rings. The minimum absolute atomic E-state index is 0.0160. The molecule has 4 rings (SSSR count). The number of hydrogen-bond acceptors (Lipinski definition) is 2. The van der Waals surface area contributed by atoms with Crippen LogP contribution in [-0.4, -0.2) is 36.0 Å². The van der Waals surface area contributed by atoms with Crippen LogP contribution >= 0.6 is 11.6 Å². The highest BCUT2D eigenvalue weighted by Gasteiger charge is 2.40. The van der Waals surface area contributed by atoms with E-state index in [0.717, 1.165) is 0 Å². The van der Waals surface area contributed by atoms with Crippen molar-refractivity contribution < 1.29 is 4.79 Å². The van der Waals surface area contributed by atoms with E-state index in [1.807, 2.05) is 0 Å². The van der Waals surface area contributed by atoms with Gasteiger partial charge in [0.15, 0.2) is 0 Å². The largest absolute Gasteiger partial charge is 0.347 e. The molecule has 102 valence electrons. The first-order valence-corrected chi connectivity index (χ1v) is 7.33. The molecule has 1 amide bonds. The van der Waals surface area contributed by atoms with Crippen LogP contribution in [0.4, 0.5) is 0 Å². The van der Waals surface area contributed by atoms with E-state index in [-0.39, 0.29) is 11.9 Å². The van der Waals surface area contributed by atoms with Crippen LogP contribution in [0.1, 0.15) is 30.1 Å². The zero-order valence-corrected chi connectivity index (χ0v) is 11.9. The van der Waals surface area contributed by atoms with Gasteiger partial charge in [0.2, 0.25) is 0 Å². The van der Waals surface area contributed by atoms with E-state index in [2.05, 4.69) is 17.1 Å². The molecule has 2 bridgehead atoms. The fourth-order valence-electron chi connectivity index (χ4n) is 3.38. The summed E-state index contributed by atoms with van der Waals surface area (Å²) in [5.74, 6) is 0.651. The molecule has 3 fully saturated rings. The first kappa shape index (κ1) is 12.9. The first-order chi connectivity index (χ1) is 9.15. The lowest BCUT2D eigenvalue weighted by Gasteiger charge is -2.49. The van der Waals surface area contributed by atoms with Gasteiger partial charge in [-0.1, -0.05) is 11.6 Å². The highest BCUT2D eigenvalue weighted by molar-refractivity contribution is 6.30. The predicted molar refractivity (Wildman–Crippen MR) is 76.5 cm³/mol. The highest BCUT2D eigenvalue weighted by atomic mass is 35.5. The highest BCUT2D eigenvalue weighted by Crippen LogP contribution is 2.32. The van der Waals surface area contributed by atoms with Crippen LogP contribution < -0.4 is 5.32 Å². The molecule has 0 radical (unpaired) electrons. The summed E-state index contributed by atoms with van der Waals surface area (Å²) >= 11 is 5.84. The lowest BCUT2D eigenvalue weighted by Crippen LogP contribution is -2.62. The van der Waals surface area contributed by atoms with Crippen molar-refractivity contribution in [1.82, 2.24) is 10.2 Å². The SMILES string of the molecule is C[C@@H]1[C@@H](NC(=O)c2ccc(Cl)cc2)C2CCN1CC2. The van der Waals surface area contributed by atoms with Crippen LogP contribution in [0.2, 0.25) is 5.02 Å². The van der Waals surface area contributed by atoms with E-state index in [4.69, 9.17) is 11.6 Å². The summed E-state index contributed by atoms with van der Waals surface area (Å²) in [6, 6.07) is 7.81. The van der Waals surface area contributed by atoms with Crippen LogP contribution in [0.15, 0.2) is 24.3 Å². The van der Waals surface area contributed by atoms with Crippen LogP contribution in [0, 0.1) is 5.92 Å². The average molecular weight is 279 g/mol. The molecule has 4 heteroatoms. The maximum Gasteiger partial charge on any atom is 0.251 e. The fourth-order valence-corrected chi connectivity index (χ4v) is 3.51. The fraction of sp³-hybridized carbons (Fsp3) is 0.533. The van der Waals surface area contributed by atoms with Crippen molar-refractivity contribution in [3.05, 3.63) is 34.9 Å². The number of halogens is 1. The summed E-state index contributed by atoms with van der Waals surface area (Å²) in [6.45, 7) is 4.58. The molecule has 1 N–H and O–H groups in total. The number of benzene rings is 1. The second-order valence-electron chi connectivity index (χ2n) is 5.62. The Balaban J connectivity index is 1.71. The van der Waals surface area contributed by atoms with Crippen LogP contribution in [0.5, 0.6) is 0 Å². The lowest BCUT2D eigenvalue weighted by molar-refractivity contribution is 0.0217. The molecular weight excluding hydrogens is 260 g/mol. The van der Waals surface area contributed by atoms with Gasteiger partial charge in [-0.25, -0.2) is 0 Å². The molecule has 3 saturated heterocycles. The second kappa shape index (κ2) is 5.14. The molecule has 3 aliphatic rings. The molecule has 0 unspecified atom stereocenters. The van der Waals surface area contributed by atoms with Gasteiger partial charge in [-0.15, -0.1) is 0 Å². The summed E-state index contributed by atoms with van der Waals surface area (Å²) in [5, 5.41) is 3.87. The van der Waals surface area contributed by atoms with Gasteiger partial charge in [-0.3, -0.25) is 9.69 Å². The maximum absolute atomic E-state index is 12.3. The number of amides is 1. The summed E-state index contributed by atoms with van der Waals surface area (Å²) in [5.41, 5.74) is 0.688. The van der Waals surface area contributed by atoms with Crippen LogP contribution in [0.3, 0.4) is 0 Å². The van der Waals surface area contributed by atoms with E-state index < -0.39 is 0 Å². The topological polar surface area (TPSA) is 32.3 Å². The van der Waals surface area contributed by atoms with Gasteiger partial charge in [-0.2, -0.15) is 0 Å². The van der Waals surface area contributed by atoms with Crippen LogP contribution in [-0.2, 0) is 0 Å². The molecule has 19 heavy (non-hydrogen) atoms. The summed E-state index contributed by atoms with van der Waals surface area (Å²) in [6.07, 6.45) is 2.41. The number of fused-ring (bicyclic) bond motifs is 3. The third-order valence-electron chi connectivity index (χ3n) is 4.58. The van der Waals surface area contributed by atoms with Crippen molar-refractivity contribution in [1.29, 1.82) is 0 Å². The molecule has 3 nitrogen and oxygen atoms in total. The Morgan fingerprint density at radius 2 is 1.89 bits per heavy atom. The molecule has 0 aromatic heterocycles. The maximum atomic E-state index is 12.3. The standard InChI is InChI=1S/C15H19ClN2O/c1-10-14(11-6-8-18(10)9-7-11)17-15(19)12-2-4-13(16)5-3-12/h2-5,10-11,14H,6-9H2,1H3,(H,17,19)/t10-,14-/m1/s1.